The fourth-order valence-electron chi connectivity index (χ4n) is 3.52. The third-order valence-corrected chi connectivity index (χ3v) is 4.91. The molecule has 0 radical (unpaired) electrons. The van der Waals surface area contributed by atoms with Crippen LogP contribution >= 0.6 is 0 Å². The van der Waals surface area contributed by atoms with E-state index >= 15 is 0 Å². The van der Waals surface area contributed by atoms with Crippen molar-refractivity contribution in [2.24, 2.45) is 0 Å². The normalized spacial score (nSPS) is 14.1. The highest BCUT2D eigenvalue weighted by Gasteiger charge is 2.28. The second kappa shape index (κ2) is 6.97. The minimum atomic E-state index is -0.147. The minimum absolute atomic E-state index is 0.00501. The standard InChI is InChI=1S/C21H17N5O3/c27-16-9-5-11-26(16)20-14-8-4-10-22-17(14)19(28)18(23-20)21-25-24-15(29-21)12-13-6-2-1-3-7-13/h1-4,6-8,10,28H,5,9,11-12H2. The van der Waals surface area contributed by atoms with E-state index in [-0.39, 0.29) is 23.2 Å². The summed E-state index contributed by atoms with van der Waals surface area (Å²) >= 11 is 0. The maximum Gasteiger partial charge on any atom is 0.270 e. The predicted molar refractivity (Wildman–Crippen MR) is 105 cm³/mol. The van der Waals surface area contributed by atoms with Gasteiger partial charge in [-0.2, -0.15) is 0 Å². The number of fused-ring (bicyclic) bond motifs is 1. The lowest BCUT2D eigenvalue weighted by atomic mass is 10.1. The molecule has 0 aliphatic carbocycles. The van der Waals surface area contributed by atoms with E-state index in [0.29, 0.717) is 42.0 Å². The zero-order chi connectivity index (χ0) is 19.8. The second-order valence-corrected chi connectivity index (χ2v) is 6.84. The van der Waals surface area contributed by atoms with Crippen molar-refractivity contribution < 1.29 is 14.3 Å². The van der Waals surface area contributed by atoms with Crippen LogP contribution in [0, 0.1) is 0 Å². The first-order valence-corrected chi connectivity index (χ1v) is 9.35. The Labute approximate surface area is 165 Å². The average Bonchev–Trinajstić information content (AvgIpc) is 3.38. The molecular formula is C21H17N5O3. The molecule has 0 unspecified atom stereocenters. The number of rotatable bonds is 4. The van der Waals surface area contributed by atoms with Crippen LogP contribution in [0.15, 0.2) is 53.1 Å². The van der Waals surface area contributed by atoms with Gasteiger partial charge >= 0.3 is 0 Å². The van der Waals surface area contributed by atoms with Crippen LogP contribution in [0.4, 0.5) is 5.82 Å². The molecule has 1 N–H and O–H groups in total. The van der Waals surface area contributed by atoms with Gasteiger partial charge in [-0.25, -0.2) is 4.98 Å². The maximum absolute atomic E-state index is 12.3. The van der Waals surface area contributed by atoms with Gasteiger partial charge in [-0.3, -0.25) is 14.7 Å². The number of hydrogen-bond donors (Lipinski definition) is 1. The Balaban J connectivity index is 1.60. The third kappa shape index (κ3) is 3.08. The summed E-state index contributed by atoms with van der Waals surface area (Å²) in [6.45, 7) is 0.573. The maximum atomic E-state index is 12.3. The molecule has 8 heteroatoms. The quantitative estimate of drug-likeness (QED) is 0.573. The van der Waals surface area contributed by atoms with Gasteiger partial charge in [0.15, 0.2) is 11.4 Å². The molecule has 1 aromatic carbocycles. The number of pyridine rings is 2. The lowest BCUT2D eigenvalue weighted by Gasteiger charge is -2.18. The van der Waals surface area contributed by atoms with Gasteiger partial charge in [0.05, 0.1) is 6.42 Å². The highest BCUT2D eigenvalue weighted by molar-refractivity contribution is 6.05. The minimum Gasteiger partial charge on any atom is -0.504 e. The molecule has 8 nitrogen and oxygen atoms in total. The summed E-state index contributed by atoms with van der Waals surface area (Å²) in [5.74, 6) is 0.799. The Kier molecular flexibility index (Phi) is 4.16. The molecule has 29 heavy (non-hydrogen) atoms. The lowest BCUT2D eigenvalue weighted by molar-refractivity contribution is -0.117. The number of anilines is 1. The Bertz CT molecular complexity index is 1210. The number of benzene rings is 1. The van der Waals surface area contributed by atoms with Crippen LogP contribution in [-0.4, -0.2) is 37.7 Å². The number of carbonyl (C=O) groups is 1. The Morgan fingerprint density at radius 2 is 1.97 bits per heavy atom. The van der Waals surface area contributed by atoms with Crippen LogP contribution in [0.1, 0.15) is 24.3 Å². The van der Waals surface area contributed by atoms with E-state index in [4.69, 9.17) is 4.42 Å². The highest BCUT2D eigenvalue weighted by Crippen LogP contribution is 2.38. The van der Waals surface area contributed by atoms with Gasteiger partial charge in [0.2, 0.25) is 11.8 Å². The Hall–Kier alpha value is -3.81. The number of aromatic hydroxyl groups is 1. The van der Waals surface area contributed by atoms with Crippen LogP contribution in [0.5, 0.6) is 5.75 Å². The van der Waals surface area contributed by atoms with Crippen molar-refractivity contribution >= 4 is 22.6 Å². The van der Waals surface area contributed by atoms with Gasteiger partial charge in [0.1, 0.15) is 11.3 Å². The first kappa shape index (κ1) is 17.3. The lowest BCUT2D eigenvalue weighted by Crippen LogP contribution is -2.25. The molecule has 5 rings (SSSR count). The number of aromatic nitrogens is 4. The van der Waals surface area contributed by atoms with E-state index in [2.05, 4.69) is 20.2 Å². The van der Waals surface area contributed by atoms with E-state index < -0.39 is 0 Å². The molecule has 144 valence electrons. The Morgan fingerprint density at radius 1 is 1.10 bits per heavy atom. The summed E-state index contributed by atoms with van der Waals surface area (Å²) in [7, 11) is 0. The molecular weight excluding hydrogens is 370 g/mol. The molecule has 0 bridgehead atoms. The largest absolute Gasteiger partial charge is 0.504 e. The van der Waals surface area contributed by atoms with E-state index in [9.17, 15) is 9.90 Å². The summed E-state index contributed by atoms with van der Waals surface area (Å²) in [4.78, 5) is 22.8. The molecule has 0 saturated carbocycles. The predicted octanol–water partition coefficient (Wildman–Crippen LogP) is 3.10. The van der Waals surface area contributed by atoms with Crippen LogP contribution in [0.25, 0.3) is 22.5 Å². The van der Waals surface area contributed by atoms with Gasteiger partial charge in [0, 0.05) is 24.5 Å². The van der Waals surface area contributed by atoms with E-state index in [0.717, 1.165) is 12.0 Å². The van der Waals surface area contributed by atoms with E-state index in [1.165, 1.54) is 0 Å². The smallest absolute Gasteiger partial charge is 0.270 e. The SMILES string of the molecule is O=C1CCCN1c1nc(-c2nnc(Cc3ccccc3)o2)c(O)c2ncccc12. The Morgan fingerprint density at radius 3 is 2.76 bits per heavy atom. The van der Waals surface area contributed by atoms with Crippen LogP contribution in [-0.2, 0) is 11.2 Å². The molecule has 4 heterocycles. The molecule has 1 aliphatic rings. The molecule has 0 atom stereocenters. The molecule has 0 spiro atoms. The van der Waals surface area contributed by atoms with Gasteiger partial charge in [-0.05, 0) is 24.1 Å². The van der Waals surface area contributed by atoms with E-state index in [1.54, 1.807) is 23.2 Å². The zero-order valence-corrected chi connectivity index (χ0v) is 15.4. The van der Waals surface area contributed by atoms with Crippen LogP contribution in [0.2, 0.25) is 0 Å². The zero-order valence-electron chi connectivity index (χ0n) is 15.4. The monoisotopic (exact) mass is 387 g/mol. The van der Waals surface area contributed by atoms with Crippen molar-refractivity contribution in [1.82, 2.24) is 20.2 Å². The second-order valence-electron chi connectivity index (χ2n) is 6.84. The molecule has 1 fully saturated rings. The molecule has 4 aromatic rings. The first-order valence-electron chi connectivity index (χ1n) is 9.35. The van der Waals surface area contributed by atoms with Crippen molar-refractivity contribution in [3.63, 3.8) is 0 Å². The summed E-state index contributed by atoms with van der Waals surface area (Å²) in [5, 5.41) is 19.5. The molecule has 1 amide bonds. The number of hydrogen-bond acceptors (Lipinski definition) is 7. The van der Waals surface area contributed by atoms with Gasteiger partial charge in [0.25, 0.3) is 5.89 Å². The van der Waals surface area contributed by atoms with Crippen LogP contribution < -0.4 is 4.90 Å². The topological polar surface area (TPSA) is 105 Å². The number of carbonyl (C=O) groups excluding carboxylic acids is 1. The molecule has 1 saturated heterocycles. The van der Waals surface area contributed by atoms with Gasteiger partial charge < -0.3 is 9.52 Å². The van der Waals surface area contributed by atoms with E-state index in [1.807, 2.05) is 30.3 Å². The summed E-state index contributed by atoms with van der Waals surface area (Å²) in [6, 6.07) is 13.3. The van der Waals surface area contributed by atoms with Crippen molar-refractivity contribution in [2.75, 3.05) is 11.4 Å². The summed E-state index contributed by atoms with van der Waals surface area (Å²) in [6.07, 6.45) is 3.29. The van der Waals surface area contributed by atoms with Crippen molar-refractivity contribution in [1.29, 1.82) is 0 Å². The van der Waals surface area contributed by atoms with Gasteiger partial charge in [-0.1, -0.05) is 30.3 Å². The van der Waals surface area contributed by atoms with Crippen molar-refractivity contribution in [3.8, 4) is 17.3 Å². The number of nitrogens with zero attached hydrogens (tertiary/aromatic N) is 5. The number of amides is 1. The third-order valence-electron chi connectivity index (χ3n) is 4.91. The molecule has 1 aliphatic heterocycles. The first-order chi connectivity index (χ1) is 14.2. The molecule has 3 aromatic heterocycles. The fraction of sp³-hybridized carbons (Fsp3) is 0.190. The van der Waals surface area contributed by atoms with Gasteiger partial charge in [-0.15, -0.1) is 10.2 Å². The summed E-state index contributed by atoms with van der Waals surface area (Å²) < 4.78 is 5.77. The summed E-state index contributed by atoms with van der Waals surface area (Å²) in [5.41, 5.74) is 1.50. The highest BCUT2D eigenvalue weighted by atomic mass is 16.4. The van der Waals surface area contributed by atoms with Crippen LogP contribution in [0.3, 0.4) is 0 Å². The van der Waals surface area contributed by atoms with Crippen molar-refractivity contribution in [3.05, 3.63) is 60.1 Å². The van der Waals surface area contributed by atoms with Crippen molar-refractivity contribution in [2.45, 2.75) is 19.3 Å². The fourth-order valence-corrected chi connectivity index (χ4v) is 3.52. The average molecular weight is 387 g/mol.